The van der Waals surface area contributed by atoms with Gasteiger partial charge in [0.2, 0.25) is 15.9 Å². The lowest BCUT2D eigenvalue weighted by molar-refractivity contribution is -0.121. The first-order chi connectivity index (χ1) is 13.3. The minimum atomic E-state index is -3.41. The van der Waals surface area contributed by atoms with E-state index in [-0.39, 0.29) is 18.9 Å². The summed E-state index contributed by atoms with van der Waals surface area (Å²) in [4.78, 5) is 12.1. The Morgan fingerprint density at radius 3 is 2.39 bits per heavy atom. The third-order valence-corrected chi connectivity index (χ3v) is 5.45. The summed E-state index contributed by atoms with van der Waals surface area (Å²) in [6.45, 7) is 5.11. The van der Waals surface area contributed by atoms with Crippen LogP contribution < -0.4 is 14.4 Å². The monoisotopic (exact) mass is 404 g/mol. The summed E-state index contributed by atoms with van der Waals surface area (Å²) in [6, 6.07) is 14.9. The highest BCUT2D eigenvalue weighted by molar-refractivity contribution is 7.92. The number of benzene rings is 2. The largest absolute Gasteiger partial charge is 0.494 e. The standard InChI is InChI=1S/C21H28N2O4S/c1-4-27-19-13-11-18(12-14-19)16-22-21(24)10-7-15-23(28(3,25)26)20-9-6-5-8-17(20)2/h5-6,8-9,11-14H,4,7,10,15-16H2,1-3H3,(H,22,24). The molecule has 2 aromatic carbocycles. The molecule has 0 aliphatic rings. The van der Waals surface area contributed by atoms with Crippen LogP contribution in [0.15, 0.2) is 48.5 Å². The number of hydrogen-bond acceptors (Lipinski definition) is 4. The molecule has 0 spiro atoms. The maximum atomic E-state index is 12.2. The van der Waals surface area contributed by atoms with Crippen LogP contribution >= 0.6 is 0 Å². The number of para-hydroxylation sites is 1. The van der Waals surface area contributed by atoms with Gasteiger partial charge < -0.3 is 10.1 Å². The Kier molecular flexibility index (Phi) is 7.87. The van der Waals surface area contributed by atoms with E-state index in [1.807, 2.05) is 56.3 Å². The van der Waals surface area contributed by atoms with Crippen LogP contribution in [0.4, 0.5) is 5.69 Å². The molecule has 28 heavy (non-hydrogen) atoms. The Bertz CT molecular complexity index is 880. The van der Waals surface area contributed by atoms with Crippen molar-refractivity contribution in [1.29, 1.82) is 0 Å². The van der Waals surface area contributed by atoms with Crippen molar-refractivity contribution in [2.24, 2.45) is 0 Å². The van der Waals surface area contributed by atoms with E-state index in [0.717, 1.165) is 16.9 Å². The van der Waals surface area contributed by atoms with Gasteiger partial charge in [0.15, 0.2) is 0 Å². The maximum absolute atomic E-state index is 12.2. The Balaban J connectivity index is 1.85. The average Bonchev–Trinajstić information content (AvgIpc) is 2.65. The topological polar surface area (TPSA) is 75.7 Å². The molecule has 0 aromatic heterocycles. The molecule has 2 aromatic rings. The van der Waals surface area contributed by atoms with Gasteiger partial charge in [0.05, 0.1) is 18.6 Å². The van der Waals surface area contributed by atoms with Gasteiger partial charge in [0, 0.05) is 19.5 Å². The summed E-state index contributed by atoms with van der Waals surface area (Å²) in [7, 11) is -3.41. The molecule has 1 amide bonds. The molecule has 2 rings (SSSR count). The van der Waals surface area contributed by atoms with Crippen molar-refractivity contribution in [3.63, 3.8) is 0 Å². The lowest BCUT2D eigenvalue weighted by Gasteiger charge is -2.24. The van der Waals surface area contributed by atoms with Crippen LogP contribution in [0.25, 0.3) is 0 Å². The molecule has 1 N–H and O–H groups in total. The van der Waals surface area contributed by atoms with Crippen LogP contribution in [-0.2, 0) is 21.4 Å². The molecule has 0 radical (unpaired) electrons. The fourth-order valence-corrected chi connectivity index (χ4v) is 3.87. The van der Waals surface area contributed by atoms with Crippen molar-refractivity contribution in [2.75, 3.05) is 23.7 Å². The van der Waals surface area contributed by atoms with Crippen LogP contribution in [0.5, 0.6) is 5.75 Å². The third kappa shape index (κ3) is 6.56. The molecule has 0 aliphatic carbocycles. The predicted octanol–water partition coefficient (Wildman–Crippen LogP) is 3.26. The third-order valence-electron chi connectivity index (χ3n) is 4.27. The summed E-state index contributed by atoms with van der Waals surface area (Å²) in [6.07, 6.45) is 1.89. The summed E-state index contributed by atoms with van der Waals surface area (Å²) in [5.41, 5.74) is 2.52. The Morgan fingerprint density at radius 1 is 1.11 bits per heavy atom. The molecule has 7 heteroatoms. The van der Waals surface area contributed by atoms with E-state index in [9.17, 15) is 13.2 Å². The molecule has 0 atom stereocenters. The van der Waals surface area contributed by atoms with E-state index < -0.39 is 10.0 Å². The van der Waals surface area contributed by atoms with Crippen LogP contribution in [0.1, 0.15) is 30.9 Å². The first-order valence-corrected chi connectivity index (χ1v) is 11.2. The van der Waals surface area contributed by atoms with Crippen molar-refractivity contribution < 1.29 is 17.9 Å². The smallest absolute Gasteiger partial charge is 0.232 e. The van der Waals surface area contributed by atoms with E-state index in [2.05, 4.69) is 5.32 Å². The predicted molar refractivity (Wildman–Crippen MR) is 112 cm³/mol. The highest BCUT2D eigenvalue weighted by Crippen LogP contribution is 2.22. The van der Waals surface area contributed by atoms with Crippen LogP contribution in [-0.4, -0.2) is 33.7 Å². The van der Waals surface area contributed by atoms with Crippen molar-refractivity contribution in [3.05, 3.63) is 59.7 Å². The van der Waals surface area contributed by atoms with E-state index in [4.69, 9.17) is 4.74 Å². The summed E-state index contributed by atoms with van der Waals surface area (Å²) in [5, 5.41) is 2.87. The number of hydrogen-bond donors (Lipinski definition) is 1. The van der Waals surface area contributed by atoms with Gasteiger partial charge in [0.1, 0.15) is 5.75 Å². The number of aryl methyl sites for hydroxylation is 1. The van der Waals surface area contributed by atoms with Crippen LogP contribution in [0, 0.1) is 6.92 Å². The number of nitrogens with one attached hydrogen (secondary N) is 1. The van der Waals surface area contributed by atoms with Gasteiger partial charge in [-0.3, -0.25) is 9.10 Å². The van der Waals surface area contributed by atoms with Crippen LogP contribution in [0.2, 0.25) is 0 Å². The van der Waals surface area contributed by atoms with Crippen molar-refractivity contribution in [1.82, 2.24) is 5.32 Å². The second-order valence-corrected chi connectivity index (χ2v) is 8.49. The molecule has 0 saturated heterocycles. The number of rotatable bonds is 10. The average molecular weight is 405 g/mol. The molecule has 0 fully saturated rings. The molecule has 152 valence electrons. The number of nitrogens with zero attached hydrogens (tertiary/aromatic N) is 1. The molecule has 0 saturated carbocycles. The first kappa shape index (κ1) is 21.8. The van der Waals surface area contributed by atoms with E-state index in [0.29, 0.717) is 25.3 Å². The van der Waals surface area contributed by atoms with Gasteiger partial charge in [-0.15, -0.1) is 0 Å². The lowest BCUT2D eigenvalue weighted by atomic mass is 10.2. The summed E-state index contributed by atoms with van der Waals surface area (Å²) >= 11 is 0. The van der Waals surface area contributed by atoms with Gasteiger partial charge in [-0.25, -0.2) is 8.42 Å². The molecule has 0 bridgehead atoms. The second kappa shape index (κ2) is 10.1. The summed E-state index contributed by atoms with van der Waals surface area (Å²) in [5.74, 6) is 0.696. The minimum absolute atomic E-state index is 0.105. The van der Waals surface area contributed by atoms with Gasteiger partial charge in [-0.1, -0.05) is 30.3 Å². The lowest BCUT2D eigenvalue weighted by Crippen LogP contribution is -2.32. The fraction of sp³-hybridized carbons (Fsp3) is 0.381. The fourth-order valence-electron chi connectivity index (χ4n) is 2.85. The Hall–Kier alpha value is -2.54. The highest BCUT2D eigenvalue weighted by Gasteiger charge is 2.18. The maximum Gasteiger partial charge on any atom is 0.232 e. The van der Waals surface area contributed by atoms with E-state index in [1.54, 1.807) is 6.07 Å². The molecular weight excluding hydrogens is 376 g/mol. The Labute approximate surface area is 167 Å². The molecule has 0 heterocycles. The van der Waals surface area contributed by atoms with Gasteiger partial charge in [-0.05, 0) is 49.6 Å². The number of amides is 1. The van der Waals surface area contributed by atoms with Gasteiger partial charge in [0.25, 0.3) is 0 Å². The number of carbonyl (C=O) groups is 1. The number of carbonyl (C=O) groups excluding carboxylic acids is 1. The number of anilines is 1. The normalized spacial score (nSPS) is 11.1. The van der Waals surface area contributed by atoms with Crippen LogP contribution in [0.3, 0.4) is 0 Å². The second-order valence-electron chi connectivity index (χ2n) is 6.58. The molecular formula is C21H28N2O4S. The van der Waals surface area contributed by atoms with E-state index in [1.165, 1.54) is 10.6 Å². The molecule has 0 aliphatic heterocycles. The Morgan fingerprint density at radius 2 is 1.79 bits per heavy atom. The quantitative estimate of drug-likeness (QED) is 0.659. The van der Waals surface area contributed by atoms with Crippen molar-refractivity contribution in [2.45, 2.75) is 33.2 Å². The summed E-state index contributed by atoms with van der Waals surface area (Å²) < 4.78 is 31.1. The molecule has 6 nitrogen and oxygen atoms in total. The SMILES string of the molecule is CCOc1ccc(CNC(=O)CCCN(c2ccccc2C)S(C)(=O)=O)cc1. The van der Waals surface area contributed by atoms with Crippen molar-refractivity contribution in [3.8, 4) is 5.75 Å². The zero-order chi connectivity index (χ0) is 20.6. The zero-order valence-corrected chi connectivity index (χ0v) is 17.5. The number of ether oxygens (including phenoxy) is 1. The van der Waals surface area contributed by atoms with Gasteiger partial charge in [-0.2, -0.15) is 0 Å². The first-order valence-electron chi connectivity index (χ1n) is 9.33. The molecule has 0 unspecified atom stereocenters. The highest BCUT2D eigenvalue weighted by atomic mass is 32.2. The van der Waals surface area contributed by atoms with E-state index >= 15 is 0 Å². The van der Waals surface area contributed by atoms with Gasteiger partial charge >= 0.3 is 0 Å². The van der Waals surface area contributed by atoms with Crippen molar-refractivity contribution >= 4 is 21.6 Å². The minimum Gasteiger partial charge on any atom is -0.494 e. The number of sulfonamides is 1. The zero-order valence-electron chi connectivity index (χ0n) is 16.6.